The number of hydrogen-bond donors (Lipinski definition) is 1. The number of nitrogens with one attached hydrogen (secondary N) is 1. The van der Waals surface area contributed by atoms with Gasteiger partial charge in [0.1, 0.15) is 0 Å². The molecule has 3 rings (SSSR count). The van der Waals surface area contributed by atoms with Crippen LogP contribution in [0.15, 0.2) is 58.2 Å². The Morgan fingerprint density at radius 2 is 1.77 bits per heavy atom. The summed E-state index contributed by atoms with van der Waals surface area (Å²) in [6, 6.07) is 14.6. The van der Waals surface area contributed by atoms with Gasteiger partial charge in [-0.05, 0) is 35.2 Å². The zero-order valence-corrected chi connectivity index (χ0v) is 18.1. The molecule has 0 spiro atoms. The second-order valence-corrected chi connectivity index (χ2v) is 8.50. The third-order valence-corrected chi connectivity index (χ3v) is 5.16. The second-order valence-electron chi connectivity index (χ2n) is 7.57. The predicted molar refractivity (Wildman–Crippen MR) is 116 cm³/mol. The van der Waals surface area contributed by atoms with Crippen molar-refractivity contribution in [2.45, 2.75) is 31.4 Å². The number of esters is 1. The number of hydrogen-bond acceptors (Lipinski definition) is 7. The molecule has 0 radical (unpaired) electrons. The first kappa shape index (κ1) is 21.6. The van der Waals surface area contributed by atoms with Crippen LogP contribution in [0.5, 0.6) is 0 Å². The molecular weight excluding hydrogens is 402 g/mol. The molecule has 0 fully saturated rings. The van der Waals surface area contributed by atoms with E-state index in [9.17, 15) is 9.59 Å². The third kappa shape index (κ3) is 5.27. The number of amides is 1. The lowest BCUT2D eigenvalue weighted by atomic mass is 9.87. The van der Waals surface area contributed by atoms with Gasteiger partial charge in [-0.15, -0.1) is 10.2 Å². The highest BCUT2D eigenvalue weighted by Crippen LogP contribution is 2.27. The molecule has 2 aromatic carbocycles. The summed E-state index contributed by atoms with van der Waals surface area (Å²) in [5, 5.41) is 11.0. The van der Waals surface area contributed by atoms with Gasteiger partial charge in [-0.3, -0.25) is 4.79 Å². The highest BCUT2D eigenvalue weighted by Gasteiger charge is 2.16. The molecule has 0 saturated heterocycles. The molecule has 0 bridgehead atoms. The standard InChI is InChI=1S/C22H23N3O4S/c1-22(2,3)15-11-9-14(10-12-15)19-24-25-21(29-19)30-13-18(26)23-17-8-6-5-7-16(17)20(27)28-4/h5-12H,13H2,1-4H3,(H,23,26). The van der Waals surface area contributed by atoms with Crippen molar-refractivity contribution >= 4 is 29.3 Å². The molecule has 1 heterocycles. The summed E-state index contributed by atoms with van der Waals surface area (Å²) in [6.07, 6.45) is 0. The first-order valence-electron chi connectivity index (χ1n) is 9.32. The highest BCUT2D eigenvalue weighted by molar-refractivity contribution is 7.99. The predicted octanol–water partition coefficient (Wildman–Crippen LogP) is 4.55. The summed E-state index contributed by atoms with van der Waals surface area (Å²) in [5.74, 6) is -0.363. The number of ether oxygens (including phenoxy) is 1. The van der Waals surface area contributed by atoms with Gasteiger partial charge in [0.2, 0.25) is 11.8 Å². The molecule has 8 heteroatoms. The molecule has 7 nitrogen and oxygen atoms in total. The van der Waals surface area contributed by atoms with Crippen molar-refractivity contribution in [1.29, 1.82) is 0 Å². The van der Waals surface area contributed by atoms with Crippen molar-refractivity contribution in [2.75, 3.05) is 18.2 Å². The lowest BCUT2D eigenvalue weighted by Gasteiger charge is -2.18. The minimum absolute atomic E-state index is 0.0557. The number of nitrogens with zero attached hydrogens (tertiary/aromatic N) is 2. The Morgan fingerprint density at radius 1 is 1.07 bits per heavy atom. The largest absolute Gasteiger partial charge is 0.465 e. The topological polar surface area (TPSA) is 94.3 Å². The average molecular weight is 426 g/mol. The van der Waals surface area contributed by atoms with E-state index in [2.05, 4.69) is 36.3 Å². The summed E-state index contributed by atoms with van der Waals surface area (Å²) in [6.45, 7) is 6.45. The smallest absolute Gasteiger partial charge is 0.339 e. The van der Waals surface area contributed by atoms with Crippen LogP contribution >= 0.6 is 11.8 Å². The first-order chi connectivity index (χ1) is 14.3. The fraction of sp³-hybridized carbons (Fsp3) is 0.273. The summed E-state index contributed by atoms with van der Waals surface area (Å²) < 4.78 is 10.4. The van der Waals surface area contributed by atoms with Gasteiger partial charge in [-0.1, -0.05) is 56.8 Å². The van der Waals surface area contributed by atoms with E-state index in [-0.39, 0.29) is 22.6 Å². The van der Waals surface area contributed by atoms with Crippen LogP contribution < -0.4 is 5.32 Å². The van der Waals surface area contributed by atoms with Gasteiger partial charge in [0, 0.05) is 5.56 Å². The number of rotatable bonds is 6. The average Bonchev–Trinajstić information content (AvgIpc) is 3.21. The molecule has 0 atom stereocenters. The van der Waals surface area contributed by atoms with Gasteiger partial charge in [0.15, 0.2) is 0 Å². The Kier molecular flexibility index (Phi) is 6.56. The maximum absolute atomic E-state index is 12.3. The van der Waals surface area contributed by atoms with Crippen LogP contribution in [0.1, 0.15) is 36.7 Å². The monoisotopic (exact) mass is 425 g/mol. The number of benzene rings is 2. The summed E-state index contributed by atoms with van der Waals surface area (Å²) in [4.78, 5) is 24.1. The minimum Gasteiger partial charge on any atom is -0.465 e. The van der Waals surface area contributed by atoms with Crippen molar-refractivity contribution in [3.63, 3.8) is 0 Å². The number of aromatic nitrogens is 2. The van der Waals surface area contributed by atoms with Gasteiger partial charge in [0.25, 0.3) is 5.22 Å². The lowest BCUT2D eigenvalue weighted by molar-refractivity contribution is -0.113. The van der Waals surface area contributed by atoms with Gasteiger partial charge >= 0.3 is 5.97 Å². The number of anilines is 1. The van der Waals surface area contributed by atoms with Crippen LogP contribution in [-0.2, 0) is 14.9 Å². The zero-order valence-electron chi connectivity index (χ0n) is 17.3. The number of para-hydroxylation sites is 1. The van der Waals surface area contributed by atoms with Gasteiger partial charge in [-0.2, -0.15) is 0 Å². The fourth-order valence-corrected chi connectivity index (χ4v) is 3.25. The molecule has 0 saturated carbocycles. The van der Waals surface area contributed by atoms with E-state index in [0.29, 0.717) is 16.8 Å². The Labute approximate surface area is 179 Å². The quantitative estimate of drug-likeness (QED) is 0.457. The maximum atomic E-state index is 12.3. The van der Waals surface area contributed by atoms with Gasteiger partial charge < -0.3 is 14.5 Å². The summed E-state index contributed by atoms with van der Waals surface area (Å²) in [5.41, 5.74) is 2.77. The molecule has 1 amide bonds. The summed E-state index contributed by atoms with van der Waals surface area (Å²) >= 11 is 1.12. The van der Waals surface area contributed by atoms with Crippen molar-refractivity contribution in [3.05, 3.63) is 59.7 Å². The Morgan fingerprint density at radius 3 is 2.43 bits per heavy atom. The first-order valence-corrected chi connectivity index (χ1v) is 10.3. The van der Waals surface area contributed by atoms with E-state index in [0.717, 1.165) is 17.3 Å². The molecule has 0 aliphatic rings. The van der Waals surface area contributed by atoms with Crippen LogP contribution in [0.4, 0.5) is 5.69 Å². The van der Waals surface area contributed by atoms with E-state index < -0.39 is 5.97 Å². The van der Waals surface area contributed by atoms with Crippen molar-refractivity contribution in [2.24, 2.45) is 0 Å². The maximum Gasteiger partial charge on any atom is 0.339 e. The molecular formula is C22H23N3O4S. The Bertz CT molecular complexity index is 1040. The van der Waals surface area contributed by atoms with Crippen LogP contribution in [0, 0.1) is 0 Å². The SMILES string of the molecule is COC(=O)c1ccccc1NC(=O)CSc1nnc(-c2ccc(C(C)(C)C)cc2)o1. The van der Waals surface area contributed by atoms with E-state index in [1.54, 1.807) is 24.3 Å². The number of carbonyl (C=O) groups excluding carboxylic acids is 2. The minimum atomic E-state index is -0.516. The molecule has 1 aromatic heterocycles. The molecule has 1 N–H and O–H groups in total. The van der Waals surface area contributed by atoms with Crippen molar-refractivity contribution in [3.8, 4) is 11.5 Å². The number of carbonyl (C=O) groups is 2. The van der Waals surface area contributed by atoms with Gasteiger partial charge in [-0.25, -0.2) is 4.79 Å². The molecule has 0 aliphatic heterocycles. The van der Waals surface area contributed by atoms with E-state index in [1.165, 1.54) is 12.7 Å². The third-order valence-electron chi connectivity index (χ3n) is 4.34. The molecule has 156 valence electrons. The van der Waals surface area contributed by atoms with Crippen LogP contribution in [-0.4, -0.2) is 34.9 Å². The van der Waals surface area contributed by atoms with Crippen LogP contribution in [0.25, 0.3) is 11.5 Å². The van der Waals surface area contributed by atoms with Crippen LogP contribution in [0.2, 0.25) is 0 Å². The normalized spacial score (nSPS) is 11.2. The van der Waals surface area contributed by atoms with E-state index in [1.807, 2.05) is 24.3 Å². The fourth-order valence-electron chi connectivity index (χ4n) is 2.69. The highest BCUT2D eigenvalue weighted by atomic mass is 32.2. The summed E-state index contributed by atoms with van der Waals surface area (Å²) in [7, 11) is 1.29. The number of methoxy groups -OCH3 is 1. The molecule has 0 unspecified atom stereocenters. The molecule has 0 aliphatic carbocycles. The van der Waals surface area contributed by atoms with Gasteiger partial charge in [0.05, 0.1) is 24.1 Å². The van der Waals surface area contributed by atoms with Crippen LogP contribution in [0.3, 0.4) is 0 Å². The lowest BCUT2D eigenvalue weighted by Crippen LogP contribution is -2.17. The van der Waals surface area contributed by atoms with E-state index >= 15 is 0 Å². The molecule has 3 aromatic rings. The number of thioether (sulfide) groups is 1. The van der Waals surface area contributed by atoms with Crippen molar-refractivity contribution < 1.29 is 18.7 Å². The Hall–Kier alpha value is -3.13. The Balaban J connectivity index is 1.61. The molecule has 30 heavy (non-hydrogen) atoms. The van der Waals surface area contributed by atoms with Crippen molar-refractivity contribution in [1.82, 2.24) is 10.2 Å². The van der Waals surface area contributed by atoms with E-state index in [4.69, 9.17) is 9.15 Å². The second kappa shape index (κ2) is 9.13. The zero-order chi connectivity index (χ0) is 21.7.